The monoisotopic (exact) mass is 477 g/mol. The summed E-state index contributed by atoms with van der Waals surface area (Å²) in [6.07, 6.45) is 2.50. The normalized spacial score (nSPS) is 10.8. The second kappa shape index (κ2) is 10.2. The van der Waals surface area contributed by atoms with Crippen molar-refractivity contribution in [1.82, 2.24) is 5.43 Å². The number of nitrogens with one attached hydrogen (secondary N) is 2. The summed E-state index contributed by atoms with van der Waals surface area (Å²) in [5.41, 5.74) is 8.17. The van der Waals surface area contributed by atoms with E-state index < -0.39 is 5.91 Å². The van der Waals surface area contributed by atoms with E-state index in [2.05, 4.69) is 38.7 Å². The van der Waals surface area contributed by atoms with Crippen molar-refractivity contribution in [1.29, 1.82) is 0 Å². The van der Waals surface area contributed by atoms with Crippen LogP contribution in [-0.2, 0) is 6.42 Å². The van der Waals surface area contributed by atoms with Crippen molar-refractivity contribution in [3.8, 4) is 0 Å². The van der Waals surface area contributed by atoms with Gasteiger partial charge in [-0.3, -0.25) is 9.59 Å². The van der Waals surface area contributed by atoms with Crippen LogP contribution >= 0.6 is 15.9 Å². The highest BCUT2D eigenvalue weighted by Gasteiger charge is 2.15. The van der Waals surface area contributed by atoms with Crippen molar-refractivity contribution in [3.63, 3.8) is 0 Å². The standard InChI is InChI=1S/C25H24BrN3O2/c1-4-18-7-9-20(10-8-18)24(30)28-23-12-11-21(26)14-22(23)25(31)29-27-15-19-6-5-16(2)17(3)13-19/h5-15H,4H2,1-3H3,(H,28,30)(H,29,31)/b27-15+. The van der Waals surface area contributed by atoms with E-state index in [1.807, 2.05) is 44.2 Å². The third kappa shape index (κ3) is 5.89. The molecule has 0 spiro atoms. The molecule has 2 amide bonds. The van der Waals surface area contributed by atoms with Gasteiger partial charge in [-0.2, -0.15) is 5.10 Å². The van der Waals surface area contributed by atoms with E-state index in [0.29, 0.717) is 16.8 Å². The van der Waals surface area contributed by atoms with Gasteiger partial charge in [0.2, 0.25) is 0 Å². The zero-order valence-electron chi connectivity index (χ0n) is 17.7. The van der Waals surface area contributed by atoms with Gasteiger partial charge >= 0.3 is 0 Å². The SMILES string of the molecule is CCc1ccc(C(=O)Nc2ccc(Br)cc2C(=O)N/N=C/c2ccc(C)c(C)c2)cc1. The van der Waals surface area contributed by atoms with Crippen LogP contribution in [0.4, 0.5) is 5.69 Å². The van der Waals surface area contributed by atoms with Gasteiger partial charge in [0.15, 0.2) is 0 Å². The first-order valence-corrected chi connectivity index (χ1v) is 10.8. The Labute approximate surface area is 190 Å². The summed E-state index contributed by atoms with van der Waals surface area (Å²) in [6.45, 7) is 6.13. The maximum Gasteiger partial charge on any atom is 0.273 e. The Kier molecular flexibility index (Phi) is 7.36. The van der Waals surface area contributed by atoms with Crippen LogP contribution in [0.1, 0.15) is 49.9 Å². The largest absolute Gasteiger partial charge is 0.321 e. The predicted octanol–water partition coefficient (Wildman–Crippen LogP) is 5.64. The van der Waals surface area contributed by atoms with E-state index in [0.717, 1.165) is 27.6 Å². The second-order valence-corrected chi connectivity index (χ2v) is 8.15. The Morgan fingerprint density at radius 1 is 0.935 bits per heavy atom. The molecule has 0 aliphatic rings. The molecule has 0 aliphatic heterocycles. The Bertz CT molecular complexity index is 1140. The molecule has 3 rings (SSSR count). The minimum Gasteiger partial charge on any atom is -0.321 e. The molecule has 0 atom stereocenters. The average Bonchev–Trinajstić information content (AvgIpc) is 2.77. The van der Waals surface area contributed by atoms with Crippen molar-refractivity contribution in [3.05, 3.63) is 98.5 Å². The first-order valence-electron chi connectivity index (χ1n) is 9.98. The summed E-state index contributed by atoms with van der Waals surface area (Å²) in [4.78, 5) is 25.4. The summed E-state index contributed by atoms with van der Waals surface area (Å²) >= 11 is 3.38. The van der Waals surface area contributed by atoms with Crippen molar-refractivity contribution in [2.45, 2.75) is 27.2 Å². The van der Waals surface area contributed by atoms with Crippen LogP contribution in [0.2, 0.25) is 0 Å². The summed E-state index contributed by atoms with van der Waals surface area (Å²) in [5.74, 6) is -0.698. The smallest absolute Gasteiger partial charge is 0.273 e. The third-order valence-electron chi connectivity index (χ3n) is 5.01. The van der Waals surface area contributed by atoms with Crippen LogP contribution in [0.25, 0.3) is 0 Å². The number of carbonyl (C=O) groups is 2. The van der Waals surface area contributed by atoms with E-state index in [-0.39, 0.29) is 5.91 Å². The fraction of sp³-hybridized carbons (Fsp3) is 0.160. The molecule has 3 aromatic rings. The zero-order chi connectivity index (χ0) is 22.4. The number of carbonyl (C=O) groups excluding carboxylic acids is 2. The van der Waals surface area contributed by atoms with Gasteiger partial charge in [-0.05, 0) is 72.9 Å². The first-order chi connectivity index (χ1) is 14.9. The van der Waals surface area contributed by atoms with Crippen LogP contribution in [-0.4, -0.2) is 18.0 Å². The molecule has 31 heavy (non-hydrogen) atoms. The van der Waals surface area contributed by atoms with Gasteiger partial charge in [-0.15, -0.1) is 0 Å². The fourth-order valence-corrected chi connectivity index (χ4v) is 3.33. The minimum absolute atomic E-state index is 0.280. The molecule has 0 heterocycles. The van der Waals surface area contributed by atoms with Gasteiger partial charge < -0.3 is 5.32 Å². The molecular formula is C25H24BrN3O2. The Balaban J connectivity index is 1.75. The molecule has 5 nitrogen and oxygen atoms in total. The lowest BCUT2D eigenvalue weighted by Gasteiger charge is -2.11. The number of hydrogen-bond acceptors (Lipinski definition) is 3. The number of hydrogen-bond donors (Lipinski definition) is 2. The average molecular weight is 478 g/mol. The molecule has 0 fully saturated rings. The van der Waals surface area contributed by atoms with Crippen LogP contribution in [0.3, 0.4) is 0 Å². The molecule has 0 saturated heterocycles. The number of nitrogens with zero attached hydrogens (tertiary/aromatic N) is 1. The number of anilines is 1. The Morgan fingerprint density at radius 3 is 2.35 bits per heavy atom. The third-order valence-corrected chi connectivity index (χ3v) is 5.50. The fourth-order valence-electron chi connectivity index (χ4n) is 2.97. The van der Waals surface area contributed by atoms with E-state index in [1.165, 1.54) is 5.56 Å². The summed E-state index contributed by atoms with van der Waals surface area (Å²) in [7, 11) is 0. The molecule has 6 heteroatoms. The van der Waals surface area contributed by atoms with Crippen molar-refractivity contribution in [2.24, 2.45) is 5.10 Å². The number of halogens is 1. The molecule has 2 N–H and O–H groups in total. The number of rotatable bonds is 6. The number of benzene rings is 3. The quantitative estimate of drug-likeness (QED) is 0.355. The van der Waals surface area contributed by atoms with Gasteiger partial charge in [0.1, 0.15) is 0 Å². The highest BCUT2D eigenvalue weighted by molar-refractivity contribution is 9.10. The second-order valence-electron chi connectivity index (χ2n) is 7.24. The van der Waals surface area contributed by atoms with E-state index in [4.69, 9.17) is 0 Å². The molecule has 0 radical (unpaired) electrons. The molecule has 0 unspecified atom stereocenters. The van der Waals surface area contributed by atoms with Crippen molar-refractivity contribution in [2.75, 3.05) is 5.32 Å². The Hall–Kier alpha value is -3.25. The van der Waals surface area contributed by atoms with Gasteiger partial charge in [0.25, 0.3) is 11.8 Å². The highest BCUT2D eigenvalue weighted by atomic mass is 79.9. The maximum absolute atomic E-state index is 12.7. The van der Waals surface area contributed by atoms with E-state index >= 15 is 0 Å². The van der Waals surface area contributed by atoms with Gasteiger partial charge in [0, 0.05) is 10.0 Å². The summed E-state index contributed by atoms with van der Waals surface area (Å²) in [5, 5.41) is 6.89. The first kappa shape index (κ1) is 22.4. The van der Waals surface area contributed by atoms with Crippen LogP contribution in [0, 0.1) is 13.8 Å². The Morgan fingerprint density at radius 2 is 1.68 bits per heavy atom. The minimum atomic E-state index is -0.419. The lowest BCUT2D eigenvalue weighted by molar-refractivity contribution is 0.0956. The van der Waals surface area contributed by atoms with Crippen LogP contribution < -0.4 is 10.7 Å². The van der Waals surface area contributed by atoms with Gasteiger partial charge in [0.05, 0.1) is 17.5 Å². The molecule has 0 saturated carbocycles. The van der Waals surface area contributed by atoms with E-state index in [1.54, 1.807) is 36.5 Å². The molecule has 3 aromatic carbocycles. The number of amides is 2. The van der Waals surface area contributed by atoms with Gasteiger partial charge in [-0.25, -0.2) is 5.43 Å². The van der Waals surface area contributed by atoms with Crippen molar-refractivity contribution < 1.29 is 9.59 Å². The summed E-state index contributed by atoms with van der Waals surface area (Å²) in [6, 6.07) is 18.4. The lowest BCUT2D eigenvalue weighted by Crippen LogP contribution is -2.21. The number of aryl methyl sites for hydroxylation is 3. The molecule has 158 valence electrons. The lowest BCUT2D eigenvalue weighted by atomic mass is 10.1. The predicted molar refractivity (Wildman–Crippen MR) is 129 cm³/mol. The van der Waals surface area contributed by atoms with Gasteiger partial charge in [-0.1, -0.05) is 53.2 Å². The maximum atomic E-state index is 12.7. The van der Waals surface area contributed by atoms with Crippen LogP contribution in [0.5, 0.6) is 0 Å². The summed E-state index contributed by atoms with van der Waals surface area (Å²) < 4.78 is 0.723. The molecule has 0 aliphatic carbocycles. The molecule has 0 aromatic heterocycles. The van der Waals surface area contributed by atoms with E-state index in [9.17, 15) is 9.59 Å². The highest BCUT2D eigenvalue weighted by Crippen LogP contribution is 2.22. The topological polar surface area (TPSA) is 70.6 Å². The zero-order valence-corrected chi connectivity index (χ0v) is 19.3. The molecular weight excluding hydrogens is 454 g/mol. The van der Waals surface area contributed by atoms with Crippen LogP contribution in [0.15, 0.2) is 70.2 Å². The number of hydrazone groups is 1. The van der Waals surface area contributed by atoms with Crippen molar-refractivity contribution >= 4 is 39.6 Å². The molecule has 0 bridgehead atoms.